The first kappa shape index (κ1) is 22.8. The number of hydrogen-bond donors (Lipinski definition) is 1. The number of anilines is 1. The van der Waals surface area contributed by atoms with Gasteiger partial charge in [-0.3, -0.25) is 9.59 Å². The molecule has 4 rings (SSSR count). The Morgan fingerprint density at radius 1 is 1.12 bits per heavy atom. The van der Waals surface area contributed by atoms with Gasteiger partial charge in [0.15, 0.2) is 0 Å². The van der Waals surface area contributed by atoms with E-state index in [0.29, 0.717) is 17.8 Å². The van der Waals surface area contributed by atoms with Crippen LogP contribution in [0.4, 0.5) is 10.1 Å². The molecule has 172 valence electrons. The van der Waals surface area contributed by atoms with Crippen LogP contribution in [0.1, 0.15) is 28.9 Å². The maximum atomic E-state index is 14.4. The first-order valence-electron chi connectivity index (χ1n) is 10.4. The van der Waals surface area contributed by atoms with Crippen molar-refractivity contribution in [2.24, 2.45) is 0 Å². The van der Waals surface area contributed by atoms with Crippen LogP contribution in [0.3, 0.4) is 0 Å². The van der Waals surface area contributed by atoms with Crippen LogP contribution in [0.15, 0.2) is 40.6 Å². The van der Waals surface area contributed by atoms with E-state index in [1.165, 1.54) is 21.7 Å². The highest BCUT2D eigenvalue weighted by Crippen LogP contribution is 2.26. The largest absolute Gasteiger partial charge is 0.379 e. The molecule has 1 aromatic heterocycles. The van der Waals surface area contributed by atoms with Gasteiger partial charge in [0.1, 0.15) is 16.8 Å². The highest BCUT2D eigenvalue weighted by atomic mass is 32.2. The minimum Gasteiger partial charge on any atom is -0.379 e. The topological polar surface area (TPSA) is 96.0 Å². The second-order valence-electron chi connectivity index (χ2n) is 7.64. The minimum absolute atomic E-state index is 0.139. The first-order chi connectivity index (χ1) is 15.4. The van der Waals surface area contributed by atoms with Crippen molar-refractivity contribution in [2.45, 2.75) is 30.2 Å². The molecule has 11 heteroatoms. The zero-order valence-corrected chi connectivity index (χ0v) is 19.0. The zero-order chi connectivity index (χ0) is 22.7. The molecule has 2 aromatic rings. The van der Waals surface area contributed by atoms with E-state index in [9.17, 15) is 22.4 Å². The summed E-state index contributed by atoms with van der Waals surface area (Å²) in [6.45, 7) is 1.23. The molecule has 0 aliphatic carbocycles. The van der Waals surface area contributed by atoms with Gasteiger partial charge in [-0.2, -0.15) is 4.31 Å². The molecule has 2 saturated heterocycles. The van der Waals surface area contributed by atoms with Gasteiger partial charge < -0.3 is 15.0 Å². The highest BCUT2D eigenvalue weighted by molar-refractivity contribution is 7.89. The maximum absolute atomic E-state index is 14.4. The summed E-state index contributed by atoms with van der Waals surface area (Å²) in [5.41, 5.74) is 0.164. The summed E-state index contributed by atoms with van der Waals surface area (Å²) in [5.74, 6) is -1.51. The number of rotatable bonds is 5. The molecule has 0 radical (unpaired) electrons. The fraction of sp³-hybridized carbons (Fsp3) is 0.429. The number of likely N-dealkylation sites (tertiary alicyclic amines) is 1. The summed E-state index contributed by atoms with van der Waals surface area (Å²) in [5, 5.41) is 4.49. The number of nitrogens with zero attached hydrogens (tertiary/aromatic N) is 2. The van der Waals surface area contributed by atoms with Crippen LogP contribution in [-0.4, -0.2) is 68.3 Å². The molecular weight excluding hydrogens is 457 g/mol. The Bertz CT molecular complexity index is 1080. The molecule has 0 spiro atoms. The lowest BCUT2D eigenvalue weighted by atomic mass is 10.0. The lowest BCUT2D eigenvalue weighted by Gasteiger charge is -2.34. The SMILES string of the molecule is O=C(Nc1ccc(F)c(S(=O)(=O)N2CCOCC2)c1)[C@@H]1CCCCN1C(=O)c1cccs1. The van der Waals surface area contributed by atoms with Crippen LogP contribution >= 0.6 is 11.3 Å². The fourth-order valence-electron chi connectivity index (χ4n) is 3.92. The third-order valence-electron chi connectivity index (χ3n) is 5.58. The van der Waals surface area contributed by atoms with Gasteiger partial charge in [0.25, 0.3) is 5.91 Å². The Kier molecular flexibility index (Phi) is 6.89. The van der Waals surface area contributed by atoms with Crippen molar-refractivity contribution in [3.8, 4) is 0 Å². The smallest absolute Gasteiger partial charge is 0.264 e. The van der Waals surface area contributed by atoms with Crippen molar-refractivity contribution in [3.05, 3.63) is 46.4 Å². The van der Waals surface area contributed by atoms with Gasteiger partial charge in [-0.1, -0.05) is 6.07 Å². The second kappa shape index (κ2) is 9.65. The summed E-state index contributed by atoms with van der Waals surface area (Å²) in [6, 6.07) is 6.30. The summed E-state index contributed by atoms with van der Waals surface area (Å²) >= 11 is 1.32. The van der Waals surface area contributed by atoms with E-state index in [-0.39, 0.29) is 37.9 Å². The van der Waals surface area contributed by atoms with E-state index >= 15 is 0 Å². The number of morpholine rings is 1. The molecule has 1 aromatic carbocycles. The number of ether oxygens (including phenoxy) is 1. The standard InChI is InChI=1S/C21H24FN3O5S2/c22-16-7-6-15(14-19(16)32(28,29)24-9-11-30-12-10-24)23-20(26)17-4-1-2-8-25(17)21(27)18-5-3-13-31-18/h3,5-7,13-14,17H,1-2,4,8-12H2,(H,23,26)/t17-/m0/s1. The number of carbonyl (C=O) groups excluding carboxylic acids is 2. The Morgan fingerprint density at radius 2 is 1.91 bits per heavy atom. The Balaban J connectivity index is 1.54. The van der Waals surface area contributed by atoms with Crippen LogP contribution < -0.4 is 5.32 Å². The molecular formula is C21H24FN3O5S2. The average molecular weight is 482 g/mol. The molecule has 3 heterocycles. The Morgan fingerprint density at radius 3 is 2.62 bits per heavy atom. The quantitative estimate of drug-likeness (QED) is 0.708. The number of nitrogens with one attached hydrogen (secondary N) is 1. The minimum atomic E-state index is -4.07. The number of halogens is 1. The van der Waals surface area contributed by atoms with Crippen molar-refractivity contribution in [3.63, 3.8) is 0 Å². The zero-order valence-electron chi connectivity index (χ0n) is 17.3. The molecule has 2 fully saturated rings. The van der Waals surface area contributed by atoms with Crippen molar-refractivity contribution in [1.29, 1.82) is 0 Å². The van der Waals surface area contributed by atoms with Crippen LogP contribution in [0.5, 0.6) is 0 Å². The number of carbonyl (C=O) groups is 2. The highest BCUT2D eigenvalue weighted by Gasteiger charge is 2.34. The molecule has 0 bridgehead atoms. The predicted octanol–water partition coefficient (Wildman–Crippen LogP) is 2.54. The van der Waals surface area contributed by atoms with Gasteiger partial charge in [-0.05, 0) is 48.9 Å². The van der Waals surface area contributed by atoms with Gasteiger partial charge in [-0.15, -0.1) is 11.3 Å². The number of benzene rings is 1. The van der Waals surface area contributed by atoms with Gasteiger partial charge in [0.2, 0.25) is 15.9 Å². The third kappa shape index (κ3) is 4.70. The number of sulfonamides is 1. The molecule has 1 N–H and O–H groups in total. The van der Waals surface area contributed by atoms with Crippen LogP contribution in [-0.2, 0) is 19.6 Å². The molecule has 2 aliphatic heterocycles. The van der Waals surface area contributed by atoms with Crippen LogP contribution in [0.2, 0.25) is 0 Å². The van der Waals surface area contributed by atoms with Gasteiger partial charge in [0, 0.05) is 25.3 Å². The van der Waals surface area contributed by atoms with Crippen molar-refractivity contribution >= 4 is 38.9 Å². The van der Waals surface area contributed by atoms with E-state index in [0.717, 1.165) is 25.0 Å². The van der Waals surface area contributed by atoms with Crippen molar-refractivity contribution in [2.75, 3.05) is 38.2 Å². The van der Waals surface area contributed by atoms with E-state index in [1.807, 2.05) is 0 Å². The van der Waals surface area contributed by atoms with E-state index < -0.39 is 32.7 Å². The molecule has 2 aliphatic rings. The van der Waals surface area contributed by atoms with Crippen LogP contribution in [0.25, 0.3) is 0 Å². The summed E-state index contributed by atoms with van der Waals surface area (Å²) < 4.78 is 46.6. The molecule has 2 amide bonds. The monoisotopic (exact) mass is 481 g/mol. The predicted molar refractivity (Wildman–Crippen MR) is 118 cm³/mol. The third-order valence-corrected chi connectivity index (χ3v) is 8.36. The number of amides is 2. The number of piperidine rings is 1. The molecule has 1 atom stereocenters. The van der Waals surface area contributed by atoms with Gasteiger partial charge in [-0.25, -0.2) is 12.8 Å². The van der Waals surface area contributed by atoms with E-state index in [2.05, 4.69) is 5.32 Å². The normalized spacial score (nSPS) is 20.2. The fourth-order valence-corrected chi connectivity index (χ4v) is 6.10. The molecule has 32 heavy (non-hydrogen) atoms. The van der Waals surface area contributed by atoms with E-state index in [1.54, 1.807) is 22.4 Å². The summed E-state index contributed by atoms with van der Waals surface area (Å²) in [7, 11) is -4.07. The molecule has 0 unspecified atom stereocenters. The molecule has 8 nitrogen and oxygen atoms in total. The summed E-state index contributed by atoms with van der Waals surface area (Å²) in [6.07, 6.45) is 2.11. The Labute approximate surface area is 190 Å². The number of hydrogen-bond acceptors (Lipinski definition) is 6. The lowest BCUT2D eigenvalue weighted by Crippen LogP contribution is -2.49. The van der Waals surface area contributed by atoms with Gasteiger partial charge in [0.05, 0.1) is 18.1 Å². The van der Waals surface area contributed by atoms with Crippen molar-refractivity contribution < 1.29 is 27.1 Å². The van der Waals surface area contributed by atoms with Crippen molar-refractivity contribution in [1.82, 2.24) is 9.21 Å². The lowest BCUT2D eigenvalue weighted by molar-refractivity contribution is -0.121. The first-order valence-corrected chi connectivity index (χ1v) is 12.7. The molecule has 0 saturated carbocycles. The Hall–Kier alpha value is -2.34. The van der Waals surface area contributed by atoms with E-state index in [4.69, 9.17) is 4.74 Å². The second-order valence-corrected chi connectivity index (χ2v) is 10.5. The maximum Gasteiger partial charge on any atom is 0.264 e. The van der Waals surface area contributed by atoms with Crippen LogP contribution in [0, 0.1) is 5.82 Å². The summed E-state index contributed by atoms with van der Waals surface area (Å²) in [4.78, 5) is 27.5. The average Bonchev–Trinajstić information content (AvgIpc) is 3.35. The number of thiophene rings is 1. The van der Waals surface area contributed by atoms with Gasteiger partial charge >= 0.3 is 0 Å².